The SMILES string of the molecule is CC1(C)OB(c2ccc3cc4n(c3c2)C(=CC(=O)O)CC4)OC1(C)C. The van der Waals surface area contributed by atoms with Crippen LogP contribution < -0.4 is 5.46 Å². The Kier molecular flexibility index (Phi) is 3.43. The van der Waals surface area contributed by atoms with Crippen molar-refractivity contribution in [3.8, 4) is 0 Å². The van der Waals surface area contributed by atoms with Crippen molar-refractivity contribution < 1.29 is 19.2 Å². The Morgan fingerprint density at radius 3 is 2.48 bits per heavy atom. The summed E-state index contributed by atoms with van der Waals surface area (Å²) in [6.45, 7) is 8.14. The molecule has 4 rings (SSSR count). The maximum Gasteiger partial charge on any atom is 0.494 e. The van der Waals surface area contributed by atoms with E-state index in [2.05, 4.69) is 22.8 Å². The maximum absolute atomic E-state index is 11.1. The van der Waals surface area contributed by atoms with E-state index in [0.717, 1.165) is 40.6 Å². The predicted octanol–water partition coefficient (Wildman–Crippen LogP) is 2.81. The van der Waals surface area contributed by atoms with Crippen molar-refractivity contribution in [1.29, 1.82) is 0 Å². The van der Waals surface area contributed by atoms with Gasteiger partial charge in [0.2, 0.25) is 0 Å². The van der Waals surface area contributed by atoms with Crippen LogP contribution in [0.1, 0.15) is 39.8 Å². The summed E-state index contributed by atoms with van der Waals surface area (Å²) in [6, 6.07) is 8.27. The van der Waals surface area contributed by atoms with Gasteiger partial charge in [-0.3, -0.25) is 0 Å². The van der Waals surface area contributed by atoms with Gasteiger partial charge in [0.05, 0.1) is 16.7 Å². The Hall–Kier alpha value is -2.05. The van der Waals surface area contributed by atoms with E-state index in [1.807, 2.05) is 33.8 Å². The highest BCUT2D eigenvalue weighted by molar-refractivity contribution is 6.62. The smallest absolute Gasteiger partial charge is 0.478 e. The lowest BCUT2D eigenvalue weighted by Gasteiger charge is -2.32. The van der Waals surface area contributed by atoms with Crippen LogP contribution in [0, 0.1) is 0 Å². The Balaban J connectivity index is 1.78. The summed E-state index contributed by atoms with van der Waals surface area (Å²) < 4.78 is 14.3. The molecule has 1 N–H and O–H groups in total. The molecule has 0 atom stereocenters. The van der Waals surface area contributed by atoms with Gasteiger partial charge in [-0.2, -0.15) is 0 Å². The average molecular weight is 339 g/mol. The second-order valence-corrected chi connectivity index (χ2v) is 7.85. The van der Waals surface area contributed by atoms with Crippen molar-refractivity contribution in [2.75, 3.05) is 0 Å². The first-order valence-electron chi connectivity index (χ1n) is 8.62. The number of hydrogen-bond acceptors (Lipinski definition) is 3. The third-order valence-electron chi connectivity index (χ3n) is 5.64. The van der Waals surface area contributed by atoms with Crippen LogP contribution in [0.25, 0.3) is 16.6 Å². The van der Waals surface area contributed by atoms with Gasteiger partial charge in [0, 0.05) is 22.9 Å². The zero-order chi connectivity index (χ0) is 18.0. The van der Waals surface area contributed by atoms with Crippen molar-refractivity contribution in [3.05, 3.63) is 36.0 Å². The molecule has 2 aliphatic heterocycles. The first-order chi connectivity index (χ1) is 11.7. The molecule has 0 unspecified atom stereocenters. The molecule has 2 aromatic rings. The predicted molar refractivity (Wildman–Crippen MR) is 97.9 cm³/mol. The Morgan fingerprint density at radius 1 is 1.16 bits per heavy atom. The average Bonchev–Trinajstić information content (AvgIpc) is 3.10. The van der Waals surface area contributed by atoms with Crippen molar-refractivity contribution >= 4 is 35.2 Å². The number of carboxylic acid groups (broad SMARTS) is 1. The highest BCUT2D eigenvalue weighted by atomic mass is 16.7. The van der Waals surface area contributed by atoms with Crippen molar-refractivity contribution in [2.45, 2.75) is 51.7 Å². The van der Waals surface area contributed by atoms with Crippen LogP contribution in [-0.2, 0) is 20.5 Å². The van der Waals surface area contributed by atoms with E-state index in [1.165, 1.54) is 6.08 Å². The number of hydrogen-bond donors (Lipinski definition) is 1. The minimum atomic E-state index is -0.910. The fraction of sp³-hybridized carbons (Fsp3) is 0.421. The largest absolute Gasteiger partial charge is 0.494 e. The van der Waals surface area contributed by atoms with E-state index in [1.54, 1.807) is 0 Å². The zero-order valence-electron chi connectivity index (χ0n) is 15.0. The second-order valence-electron chi connectivity index (χ2n) is 7.85. The Labute approximate surface area is 147 Å². The molecule has 0 radical (unpaired) electrons. The van der Waals surface area contributed by atoms with Crippen molar-refractivity contribution in [1.82, 2.24) is 4.57 Å². The van der Waals surface area contributed by atoms with Gasteiger partial charge in [0.1, 0.15) is 0 Å². The normalized spacial score (nSPS) is 22.7. The van der Waals surface area contributed by atoms with Crippen molar-refractivity contribution in [3.63, 3.8) is 0 Å². The topological polar surface area (TPSA) is 60.7 Å². The summed E-state index contributed by atoms with van der Waals surface area (Å²) in [6.07, 6.45) is 2.91. The molecule has 25 heavy (non-hydrogen) atoms. The lowest BCUT2D eigenvalue weighted by molar-refractivity contribution is -0.131. The number of carboxylic acids is 1. The van der Waals surface area contributed by atoms with Gasteiger partial charge in [-0.05, 0) is 58.1 Å². The first kappa shape index (κ1) is 16.4. The molecule has 130 valence electrons. The molecule has 1 saturated heterocycles. The summed E-state index contributed by atoms with van der Waals surface area (Å²) >= 11 is 0. The highest BCUT2D eigenvalue weighted by Gasteiger charge is 2.51. The van der Waals surface area contributed by atoms with Crippen LogP contribution >= 0.6 is 0 Å². The quantitative estimate of drug-likeness (QED) is 0.675. The standard InChI is InChI=1S/C19H22BNO4/c1-18(2)19(3,4)25-20(24-18)13-6-5-12-9-14-7-8-15(11-17(22)23)21(14)16(12)10-13/h5-6,9-11H,7-8H2,1-4H3,(H,22,23). The minimum Gasteiger partial charge on any atom is -0.478 e. The number of aryl methyl sites for hydroxylation is 1. The molecule has 5 nitrogen and oxygen atoms in total. The summed E-state index contributed by atoms with van der Waals surface area (Å²) in [4.78, 5) is 11.1. The molecule has 1 aromatic heterocycles. The number of aliphatic carboxylic acids is 1. The number of carbonyl (C=O) groups is 1. The molecule has 0 saturated carbocycles. The molecule has 0 bridgehead atoms. The number of nitrogens with zero attached hydrogens (tertiary/aromatic N) is 1. The van der Waals surface area contributed by atoms with Gasteiger partial charge >= 0.3 is 13.1 Å². The van der Waals surface area contributed by atoms with E-state index >= 15 is 0 Å². The molecule has 6 heteroatoms. The zero-order valence-corrected chi connectivity index (χ0v) is 15.0. The van der Waals surface area contributed by atoms with E-state index in [4.69, 9.17) is 14.4 Å². The van der Waals surface area contributed by atoms with E-state index in [-0.39, 0.29) is 11.2 Å². The van der Waals surface area contributed by atoms with Crippen LogP contribution in [0.5, 0.6) is 0 Å². The van der Waals surface area contributed by atoms with Gasteiger partial charge in [-0.1, -0.05) is 12.1 Å². The second kappa shape index (κ2) is 5.22. The number of fused-ring (bicyclic) bond motifs is 3. The summed E-state index contributed by atoms with van der Waals surface area (Å²) in [5.74, 6) is -0.910. The lowest BCUT2D eigenvalue weighted by Crippen LogP contribution is -2.41. The van der Waals surface area contributed by atoms with Crippen LogP contribution in [0.4, 0.5) is 0 Å². The molecule has 0 aliphatic carbocycles. The maximum atomic E-state index is 11.1. The van der Waals surface area contributed by atoms with Gasteiger partial charge in [0.25, 0.3) is 0 Å². The summed E-state index contributed by atoms with van der Waals surface area (Å²) in [7, 11) is -0.422. The van der Waals surface area contributed by atoms with Crippen LogP contribution in [0.15, 0.2) is 30.3 Å². The van der Waals surface area contributed by atoms with Crippen LogP contribution in [-0.4, -0.2) is 34.0 Å². The molecular formula is C19H22BNO4. The number of aromatic nitrogens is 1. The number of benzene rings is 1. The molecule has 2 aliphatic rings. The van der Waals surface area contributed by atoms with Gasteiger partial charge in [-0.15, -0.1) is 0 Å². The highest BCUT2D eigenvalue weighted by Crippen LogP contribution is 2.37. The first-order valence-corrected chi connectivity index (χ1v) is 8.62. The number of allylic oxidation sites excluding steroid dienone is 1. The minimum absolute atomic E-state index is 0.387. The fourth-order valence-corrected chi connectivity index (χ4v) is 3.57. The summed E-state index contributed by atoms with van der Waals surface area (Å²) in [5, 5.41) is 10.2. The third-order valence-corrected chi connectivity index (χ3v) is 5.64. The monoisotopic (exact) mass is 339 g/mol. The molecule has 0 amide bonds. The lowest BCUT2D eigenvalue weighted by atomic mass is 9.79. The molecule has 0 spiro atoms. The van der Waals surface area contributed by atoms with E-state index < -0.39 is 13.1 Å². The fourth-order valence-electron chi connectivity index (χ4n) is 3.57. The Morgan fingerprint density at radius 2 is 1.84 bits per heavy atom. The van der Waals surface area contributed by atoms with Crippen molar-refractivity contribution in [2.24, 2.45) is 0 Å². The van der Waals surface area contributed by atoms with Crippen LogP contribution in [0.3, 0.4) is 0 Å². The molecule has 1 aromatic carbocycles. The molecule has 1 fully saturated rings. The molecular weight excluding hydrogens is 317 g/mol. The summed E-state index contributed by atoms with van der Waals surface area (Å²) in [5.41, 5.74) is 3.16. The van der Waals surface area contributed by atoms with E-state index in [0.29, 0.717) is 0 Å². The molecule has 3 heterocycles. The third kappa shape index (κ3) is 2.52. The van der Waals surface area contributed by atoms with Crippen LogP contribution in [0.2, 0.25) is 0 Å². The van der Waals surface area contributed by atoms with Gasteiger partial charge in [-0.25, -0.2) is 4.79 Å². The van der Waals surface area contributed by atoms with Gasteiger partial charge in [0.15, 0.2) is 0 Å². The number of rotatable bonds is 2. The van der Waals surface area contributed by atoms with Gasteiger partial charge < -0.3 is 19.0 Å². The Bertz CT molecular complexity index is 894. The van der Waals surface area contributed by atoms with E-state index in [9.17, 15) is 4.79 Å².